The summed E-state index contributed by atoms with van der Waals surface area (Å²) in [7, 11) is 1.92. The van der Waals surface area contributed by atoms with Gasteiger partial charge in [0.1, 0.15) is 11.6 Å². The molecule has 1 rings (SSSR count). The molecule has 0 aliphatic heterocycles. The van der Waals surface area contributed by atoms with E-state index < -0.39 is 0 Å². The molecule has 15 heavy (non-hydrogen) atoms. The van der Waals surface area contributed by atoms with Gasteiger partial charge in [0.05, 0.1) is 6.61 Å². The van der Waals surface area contributed by atoms with Crippen molar-refractivity contribution in [2.75, 3.05) is 25.1 Å². The lowest BCUT2D eigenvalue weighted by Crippen LogP contribution is -2.23. The summed E-state index contributed by atoms with van der Waals surface area (Å²) >= 11 is 0. The van der Waals surface area contributed by atoms with Gasteiger partial charge in [0.2, 0.25) is 0 Å². The Morgan fingerprint density at radius 1 is 1.40 bits per heavy atom. The lowest BCUT2D eigenvalue weighted by atomic mass is 10.2. The average Bonchev–Trinajstić information content (AvgIpc) is 2.17. The molecule has 0 fully saturated rings. The fourth-order valence-corrected chi connectivity index (χ4v) is 1.29. The highest BCUT2D eigenvalue weighted by molar-refractivity contribution is 5.38. The second kappa shape index (κ2) is 5.07. The fraction of sp³-hybridized carbons (Fsp3) is 0.636. The molecule has 0 atom stereocenters. The van der Waals surface area contributed by atoms with E-state index >= 15 is 0 Å². The maximum Gasteiger partial charge on any atom is 0.133 e. The van der Waals surface area contributed by atoms with Gasteiger partial charge in [-0.2, -0.15) is 0 Å². The van der Waals surface area contributed by atoms with Gasteiger partial charge in [-0.1, -0.05) is 13.8 Å². The van der Waals surface area contributed by atoms with Crippen molar-refractivity contribution >= 4 is 5.82 Å². The van der Waals surface area contributed by atoms with E-state index in [1.165, 1.54) is 0 Å². The summed E-state index contributed by atoms with van der Waals surface area (Å²) in [4.78, 5) is 10.8. The van der Waals surface area contributed by atoms with E-state index in [4.69, 9.17) is 5.11 Å². The highest BCUT2D eigenvalue weighted by Crippen LogP contribution is 2.15. The summed E-state index contributed by atoms with van der Waals surface area (Å²) in [5.41, 5.74) is 0.966. The predicted molar refractivity (Wildman–Crippen MR) is 61.2 cm³/mol. The van der Waals surface area contributed by atoms with Crippen molar-refractivity contribution in [3.05, 3.63) is 17.6 Å². The summed E-state index contributed by atoms with van der Waals surface area (Å²) in [6.07, 6.45) is 0. The normalized spacial score (nSPS) is 10.8. The van der Waals surface area contributed by atoms with Crippen molar-refractivity contribution in [2.24, 2.45) is 0 Å². The van der Waals surface area contributed by atoms with Crippen molar-refractivity contribution in [2.45, 2.75) is 26.7 Å². The molecule has 0 bridgehead atoms. The van der Waals surface area contributed by atoms with Crippen LogP contribution in [0.3, 0.4) is 0 Å². The van der Waals surface area contributed by atoms with Crippen LogP contribution in [0.15, 0.2) is 6.07 Å². The molecule has 1 N–H and O–H groups in total. The first-order valence-electron chi connectivity index (χ1n) is 5.22. The number of rotatable bonds is 4. The quantitative estimate of drug-likeness (QED) is 0.813. The summed E-state index contributed by atoms with van der Waals surface area (Å²) in [5.74, 6) is 2.06. The molecular formula is C11H19N3O. The third-order valence-electron chi connectivity index (χ3n) is 2.20. The molecule has 0 aliphatic carbocycles. The first kappa shape index (κ1) is 11.9. The summed E-state index contributed by atoms with van der Waals surface area (Å²) in [5, 5.41) is 8.86. The Hall–Kier alpha value is -1.16. The number of aromatic nitrogens is 2. The highest BCUT2D eigenvalue weighted by atomic mass is 16.3. The van der Waals surface area contributed by atoms with Crippen molar-refractivity contribution < 1.29 is 5.11 Å². The summed E-state index contributed by atoms with van der Waals surface area (Å²) in [6, 6.07) is 1.93. The van der Waals surface area contributed by atoms with Crippen LogP contribution in [-0.4, -0.2) is 35.3 Å². The number of likely N-dealkylation sites (N-methyl/N-ethyl adjacent to an activating group) is 1. The van der Waals surface area contributed by atoms with Crippen LogP contribution in [0.1, 0.15) is 31.3 Å². The number of aliphatic hydroxyl groups excluding tert-OH is 1. The van der Waals surface area contributed by atoms with E-state index in [2.05, 4.69) is 23.8 Å². The Morgan fingerprint density at radius 3 is 2.60 bits per heavy atom. The fourth-order valence-electron chi connectivity index (χ4n) is 1.29. The maximum absolute atomic E-state index is 8.86. The molecule has 1 aromatic heterocycles. The minimum absolute atomic E-state index is 0.135. The van der Waals surface area contributed by atoms with Crippen LogP contribution in [0.25, 0.3) is 0 Å². The molecule has 84 valence electrons. The Kier molecular flexibility index (Phi) is 4.03. The molecule has 0 aromatic carbocycles. The minimum Gasteiger partial charge on any atom is -0.395 e. The number of aryl methyl sites for hydroxylation is 1. The van der Waals surface area contributed by atoms with Gasteiger partial charge >= 0.3 is 0 Å². The average molecular weight is 209 g/mol. The molecule has 0 radical (unpaired) electrons. The van der Waals surface area contributed by atoms with Crippen molar-refractivity contribution in [1.29, 1.82) is 0 Å². The Balaban J connectivity index is 2.98. The van der Waals surface area contributed by atoms with Gasteiger partial charge in [-0.15, -0.1) is 0 Å². The Labute approximate surface area is 91.0 Å². The SMILES string of the molecule is Cc1cc(N(C)CCO)nc(C(C)C)n1. The molecule has 0 saturated heterocycles. The number of nitrogens with zero attached hydrogens (tertiary/aromatic N) is 3. The number of aliphatic hydroxyl groups is 1. The molecule has 0 unspecified atom stereocenters. The predicted octanol–water partition coefficient (Wildman–Crippen LogP) is 1.34. The lowest BCUT2D eigenvalue weighted by Gasteiger charge is -2.18. The zero-order valence-electron chi connectivity index (χ0n) is 9.86. The van der Waals surface area contributed by atoms with Gasteiger partial charge in [-0.25, -0.2) is 9.97 Å². The highest BCUT2D eigenvalue weighted by Gasteiger charge is 2.08. The van der Waals surface area contributed by atoms with Crippen LogP contribution in [0.2, 0.25) is 0 Å². The zero-order valence-corrected chi connectivity index (χ0v) is 9.86. The van der Waals surface area contributed by atoms with Crippen LogP contribution in [0.4, 0.5) is 5.82 Å². The number of hydrogen-bond donors (Lipinski definition) is 1. The van der Waals surface area contributed by atoms with Gasteiger partial charge in [0.15, 0.2) is 0 Å². The molecular weight excluding hydrogens is 190 g/mol. The van der Waals surface area contributed by atoms with Crippen molar-refractivity contribution in [3.8, 4) is 0 Å². The lowest BCUT2D eigenvalue weighted by molar-refractivity contribution is 0.304. The van der Waals surface area contributed by atoms with E-state index in [1.807, 2.05) is 24.9 Å². The van der Waals surface area contributed by atoms with E-state index in [0.29, 0.717) is 12.5 Å². The van der Waals surface area contributed by atoms with Crippen LogP contribution >= 0.6 is 0 Å². The van der Waals surface area contributed by atoms with Crippen LogP contribution in [0.5, 0.6) is 0 Å². The maximum atomic E-state index is 8.86. The second-order valence-electron chi connectivity index (χ2n) is 4.03. The topological polar surface area (TPSA) is 49.2 Å². The largest absolute Gasteiger partial charge is 0.395 e. The molecule has 4 nitrogen and oxygen atoms in total. The molecule has 0 aliphatic rings. The molecule has 1 heterocycles. The first-order valence-corrected chi connectivity index (χ1v) is 5.22. The van der Waals surface area contributed by atoms with Gasteiger partial charge in [0.25, 0.3) is 0 Å². The second-order valence-corrected chi connectivity index (χ2v) is 4.03. The third-order valence-corrected chi connectivity index (χ3v) is 2.20. The summed E-state index contributed by atoms with van der Waals surface area (Å²) in [6.45, 7) is 6.84. The molecule has 0 amide bonds. The standard InChI is InChI=1S/C11H19N3O/c1-8(2)11-12-9(3)7-10(13-11)14(4)5-6-15/h7-8,15H,5-6H2,1-4H3. The number of hydrogen-bond acceptors (Lipinski definition) is 4. The molecule has 0 spiro atoms. The van der Waals surface area contributed by atoms with Gasteiger partial charge in [-0.3, -0.25) is 0 Å². The van der Waals surface area contributed by atoms with Crippen molar-refractivity contribution in [3.63, 3.8) is 0 Å². The van der Waals surface area contributed by atoms with Crippen LogP contribution in [-0.2, 0) is 0 Å². The van der Waals surface area contributed by atoms with Gasteiger partial charge < -0.3 is 10.0 Å². The zero-order chi connectivity index (χ0) is 11.4. The van der Waals surface area contributed by atoms with E-state index in [1.54, 1.807) is 0 Å². The van der Waals surface area contributed by atoms with Crippen LogP contribution in [0, 0.1) is 6.92 Å². The Bertz CT molecular complexity index is 326. The molecule has 0 saturated carbocycles. The Morgan fingerprint density at radius 2 is 2.07 bits per heavy atom. The van der Waals surface area contributed by atoms with Crippen LogP contribution < -0.4 is 4.90 Å². The van der Waals surface area contributed by atoms with Gasteiger partial charge in [0, 0.05) is 31.3 Å². The van der Waals surface area contributed by atoms with Gasteiger partial charge in [-0.05, 0) is 6.92 Å². The summed E-state index contributed by atoms with van der Waals surface area (Å²) < 4.78 is 0. The van der Waals surface area contributed by atoms with E-state index in [0.717, 1.165) is 17.3 Å². The van der Waals surface area contributed by atoms with E-state index in [-0.39, 0.29) is 6.61 Å². The molecule has 1 aromatic rings. The number of anilines is 1. The smallest absolute Gasteiger partial charge is 0.133 e. The first-order chi connectivity index (χ1) is 7.04. The minimum atomic E-state index is 0.135. The monoisotopic (exact) mass is 209 g/mol. The van der Waals surface area contributed by atoms with Crippen molar-refractivity contribution in [1.82, 2.24) is 9.97 Å². The third kappa shape index (κ3) is 3.16. The molecule has 4 heteroatoms. The van der Waals surface area contributed by atoms with E-state index in [9.17, 15) is 0 Å².